The summed E-state index contributed by atoms with van der Waals surface area (Å²) in [4.78, 5) is 25.5. The van der Waals surface area contributed by atoms with Crippen molar-refractivity contribution >= 4 is 23.4 Å². The van der Waals surface area contributed by atoms with Crippen LogP contribution in [0.2, 0.25) is 5.02 Å². The molecule has 2 amide bonds. The van der Waals surface area contributed by atoms with Crippen LogP contribution in [0.3, 0.4) is 0 Å². The first-order valence-electron chi connectivity index (χ1n) is 7.56. The highest BCUT2D eigenvalue weighted by atomic mass is 35.5. The van der Waals surface area contributed by atoms with E-state index in [-0.39, 0.29) is 6.04 Å². The summed E-state index contributed by atoms with van der Waals surface area (Å²) < 4.78 is 5.18. The topological polar surface area (TPSA) is 58.6 Å². The van der Waals surface area contributed by atoms with E-state index in [2.05, 4.69) is 5.32 Å². The van der Waals surface area contributed by atoms with Gasteiger partial charge in [0, 0.05) is 24.2 Å². The molecule has 118 valence electrons. The number of carbonyl (C=O) groups is 2. The molecule has 22 heavy (non-hydrogen) atoms. The van der Waals surface area contributed by atoms with Crippen molar-refractivity contribution in [2.75, 3.05) is 26.3 Å². The monoisotopic (exact) mass is 322 g/mol. The summed E-state index contributed by atoms with van der Waals surface area (Å²) in [6, 6.07) is 7.88. The third kappa shape index (κ3) is 3.42. The average Bonchev–Trinajstić information content (AvgIpc) is 2.51. The summed E-state index contributed by atoms with van der Waals surface area (Å²) in [5, 5.41) is 3.55. The third-order valence-electron chi connectivity index (χ3n) is 4.31. The highest BCUT2D eigenvalue weighted by Crippen LogP contribution is 2.37. The van der Waals surface area contributed by atoms with Gasteiger partial charge >= 0.3 is 11.8 Å². The van der Waals surface area contributed by atoms with Crippen molar-refractivity contribution in [3.05, 3.63) is 34.9 Å². The molecule has 1 saturated carbocycles. The van der Waals surface area contributed by atoms with Gasteiger partial charge in [-0.05, 0) is 36.5 Å². The molecule has 1 aromatic carbocycles. The number of amides is 2. The molecule has 1 aliphatic carbocycles. The van der Waals surface area contributed by atoms with Gasteiger partial charge in [-0.3, -0.25) is 9.59 Å². The number of carbonyl (C=O) groups excluding carboxylic acids is 2. The molecule has 0 aromatic heterocycles. The van der Waals surface area contributed by atoms with Crippen LogP contribution in [-0.4, -0.2) is 49.1 Å². The standard InChI is InChI=1S/C16H19ClN2O3/c17-13-3-1-11(2-4-13)12-9-14(10-12)18-15(20)16(21)19-5-7-22-8-6-19/h1-4,12,14H,5-10H2,(H,18,20). The number of halogens is 1. The van der Waals surface area contributed by atoms with Crippen molar-refractivity contribution in [2.45, 2.75) is 24.8 Å². The Morgan fingerprint density at radius 1 is 1.14 bits per heavy atom. The maximum Gasteiger partial charge on any atom is 0.312 e. The molecule has 5 nitrogen and oxygen atoms in total. The maximum atomic E-state index is 12.0. The number of rotatable bonds is 2. The van der Waals surface area contributed by atoms with E-state index >= 15 is 0 Å². The lowest BCUT2D eigenvalue weighted by molar-refractivity contribution is -0.149. The van der Waals surface area contributed by atoms with Crippen molar-refractivity contribution in [2.24, 2.45) is 0 Å². The molecule has 6 heteroatoms. The van der Waals surface area contributed by atoms with Crippen molar-refractivity contribution in [1.29, 1.82) is 0 Å². The fourth-order valence-electron chi connectivity index (χ4n) is 2.90. The number of hydrogen-bond acceptors (Lipinski definition) is 3. The Morgan fingerprint density at radius 2 is 1.77 bits per heavy atom. The van der Waals surface area contributed by atoms with Gasteiger partial charge in [0.1, 0.15) is 0 Å². The first-order chi connectivity index (χ1) is 10.6. The fraction of sp³-hybridized carbons (Fsp3) is 0.500. The molecule has 1 N–H and O–H groups in total. The molecule has 0 radical (unpaired) electrons. The average molecular weight is 323 g/mol. The molecule has 0 spiro atoms. The molecule has 3 rings (SSSR count). The lowest BCUT2D eigenvalue weighted by Gasteiger charge is -2.36. The van der Waals surface area contributed by atoms with Gasteiger partial charge in [-0.2, -0.15) is 0 Å². The van der Waals surface area contributed by atoms with E-state index in [4.69, 9.17) is 16.3 Å². The minimum atomic E-state index is -0.499. The van der Waals surface area contributed by atoms with Crippen molar-refractivity contribution in [3.63, 3.8) is 0 Å². The molecule has 2 fully saturated rings. The van der Waals surface area contributed by atoms with Gasteiger partial charge in [-0.15, -0.1) is 0 Å². The van der Waals surface area contributed by atoms with E-state index in [1.54, 1.807) is 4.90 Å². The minimum Gasteiger partial charge on any atom is -0.378 e. The van der Waals surface area contributed by atoms with Gasteiger partial charge < -0.3 is 15.0 Å². The molecule has 1 aliphatic heterocycles. The van der Waals surface area contributed by atoms with E-state index in [9.17, 15) is 9.59 Å². The quantitative estimate of drug-likeness (QED) is 0.841. The summed E-state index contributed by atoms with van der Waals surface area (Å²) in [7, 11) is 0. The van der Waals surface area contributed by atoms with Crippen LogP contribution in [0.4, 0.5) is 0 Å². The van der Waals surface area contributed by atoms with Crippen LogP contribution in [0.1, 0.15) is 24.3 Å². The SMILES string of the molecule is O=C(NC1CC(c2ccc(Cl)cc2)C1)C(=O)N1CCOCC1. The maximum absolute atomic E-state index is 12.0. The lowest BCUT2D eigenvalue weighted by atomic mass is 9.76. The zero-order valence-electron chi connectivity index (χ0n) is 12.3. The second-order valence-electron chi connectivity index (χ2n) is 5.79. The minimum absolute atomic E-state index is 0.0816. The zero-order chi connectivity index (χ0) is 15.5. The normalized spacial score (nSPS) is 24.5. The molecule has 2 aliphatic rings. The second kappa shape index (κ2) is 6.67. The number of nitrogens with zero attached hydrogens (tertiary/aromatic N) is 1. The predicted octanol–water partition coefficient (Wildman–Crippen LogP) is 1.56. The summed E-state index contributed by atoms with van der Waals surface area (Å²) >= 11 is 5.88. The molecule has 0 unspecified atom stereocenters. The Morgan fingerprint density at radius 3 is 2.41 bits per heavy atom. The Hall–Kier alpha value is -1.59. The third-order valence-corrected chi connectivity index (χ3v) is 4.56. The molecule has 0 atom stereocenters. The number of ether oxygens (including phenoxy) is 1. The van der Waals surface area contributed by atoms with Gasteiger partial charge in [0.25, 0.3) is 0 Å². The van der Waals surface area contributed by atoms with Gasteiger partial charge in [-0.25, -0.2) is 0 Å². The summed E-state index contributed by atoms with van der Waals surface area (Å²) in [5.41, 5.74) is 1.23. The molecular weight excluding hydrogens is 304 g/mol. The molecule has 1 saturated heterocycles. The van der Waals surface area contributed by atoms with Crippen LogP contribution in [-0.2, 0) is 14.3 Å². The van der Waals surface area contributed by atoms with Gasteiger partial charge in [0.05, 0.1) is 13.2 Å². The Bertz CT molecular complexity index is 549. The number of morpholine rings is 1. The zero-order valence-corrected chi connectivity index (χ0v) is 13.0. The van der Waals surface area contributed by atoms with Crippen molar-refractivity contribution in [3.8, 4) is 0 Å². The highest BCUT2D eigenvalue weighted by Gasteiger charge is 2.33. The van der Waals surface area contributed by atoms with Crippen molar-refractivity contribution < 1.29 is 14.3 Å². The van der Waals surface area contributed by atoms with Crippen LogP contribution >= 0.6 is 11.6 Å². The Kier molecular flexibility index (Phi) is 4.64. The van der Waals surface area contributed by atoms with Crippen LogP contribution < -0.4 is 5.32 Å². The summed E-state index contributed by atoms with van der Waals surface area (Å²) in [5.74, 6) is -0.513. The fourth-order valence-corrected chi connectivity index (χ4v) is 3.03. The van der Waals surface area contributed by atoms with Gasteiger partial charge in [-0.1, -0.05) is 23.7 Å². The van der Waals surface area contributed by atoms with Crippen molar-refractivity contribution in [1.82, 2.24) is 10.2 Å². The second-order valence-corrected chi connectivity index (χ2v) is 6.23. The van der Waals surface area contributed by atoms with E-state index in [1.807, 2.05) is 24.3 Å². The number of benzene rings is 1. The highest BCUT2D eigenvalue weighted by molar-refractivity contribution is 6.35. The molecule has 0 bridgehead atoms. The van der Waals surface area contributed by atoms with Crippen LogP contribution in [0.25, 0.3) is 0 Å². The van der Waals surface area contributed by atoms with Gasteiger partial charge in [0.15, 0.2) is 0 Å². The largest absolute Gasteiger partial charge is 0.378 e. The van der Waals surface area contributed by atoms with E-state index in [1.165, 1.54) is 5.56 Å². The predicted molar refractivity (Wildman–Crippen MR) is 82.8 cm³/mol. The van der Waals surface area contributed by atoms with Crippen LogP contribution in [0.5, 0.6) is 0 Å². The lowest BCUT2D eigenvalue weighted by Crippen LogP contribution is -2.52. The van der Waals surface area contributed by atoms with E-state index < -0.39 is 11.8 Å². The Balaban J connectivity index is 1.46. The first kappa shape index (κ1) is 15.3. The van der Waals surface area contributed by atoms with E-state index in [0.29, 0.717) is 32.2 Å². The smallest absolute Gasteiger partial charge is 0.312 e. The molecule has 1 heterocycles. The van der Waals surface area contributed by atoms with Crippen LogP contribution in [0, 0.1) is 0 Å². The molecular formula is C16H19ClN2O3. The summed E-state index contributed by atoms with van der Waals surface area (Å²) in [6.45, 7) is 1.98. The van der Waals surface area contributed by atoms with Gasteiger partial charge in [0.2, 0.25) is 0 Å². The first-order valence-corrected chi connectivity index (χ1v) is 7.94. The molecule has 1 aromatic rings. The van der Waals surface area contributed by atoms with Crippen LogP contribution in [0.15, 0.2) is 24.3 Å². The Labute approximate surface area is 134 Å². The summed E-state index contributed by atoms with van der Waals surface area (Å²) in [6.07, 6.45) is 1.73. The number of nitrogens with one attached hydrogen (secondary N) is 1. The van der Waals surface area contributed by atoms with E-state index in [0.717, 1.165) is 17.9 Å². The number of hydrogen-bond donors (Lipinski definition) is 1.